The summed E-state index contributed by atoms with van der Waals surface area (Å²) in [4.78, 5) is 42.7. The first-order chi connectivity index (χ1) is 16.3. The Hall–Kier alpha value is -2.06. The summed E-state index contributed by atoms with van der Waals surface area (Å²) >= 11 is 1.67. The maximum atomic E-state index is 14.0. The van der Waals surface area contributed by atoms with Gasteiger partial charge < -0.3 is 20.6 Å². The minimum absolute atomic E-state index is 0.0269. The van der Waals surface area contributed by atoms with Gasteiger partial charge in [0, 0.05) is 18.3 Å². The summed E-state index contributed by atoms with van der Waals surface area (Å²) in [7, 11) is 0. The number of nitrogens with one attached hydrogen (secondary N) is 2. The fourth-order valence-corrected chi connectivity index (χ4v) is 8.69. The number of benzene rings is 1. The van der Waals surface area contributed by atoms with Crippen LogP contribution in [-0.2, 0) is 20.9 Å². The van der Waals surface area contributed by atoms with Gasteiger partial charge in [0.25, 0.3) is 0 Å². The molecule has 2 bridgehead atoms. The summed E-state index contributed by atoms with van der Waals surface area (Å²) in [5.74, 6) is -1.36. The Labute approximate surface area is 206 Å². The molecule has 1 aromatic carbocycles. The molecule has 4 rings (SSSR count). The second-order valence-electron chi connectivity index (χ2n) is 10.3. The molecule has 8 heteroatoms. The van der Waals surface area contributed by atoms with E-state index in [1.54, 1.807) is 16.7 Å². The van der Waals surface area contributed by atoms with Gasteiger partial charge in [-0.05, 0) is 30.2 Å². The van der Waals surface area contributed by atoms with Gasteiger partial charge in [-0.15, -0.1) is 11.8 Å². The fourth-order valence-electron chi connectivity index (χ4n) is 6.28. The van der Waals surface area contributed by atoms with E-state index in [4.69, 9.17) is 0 Å². The highest BCUT2D eigenvalue weighted by molar-refractivity contribution is 8.02. The van der Waals surface area contributed by atoms with Gasteiger partial charge in [0.1, 0.15) is 6.04 Å². The predicted octanol–water partition coefficient (Wildman–Crippen LogP) is 2.18. The smallest absolute Gasteiger partial charge is 0.244 e. The van der Waals surface area contributed by atoms with Gasteiger partial charge >= 0.3 is 0 Å². The lowest BCUT2D eigenvalue weighted by Crippen LogP contribution is -2.59. The monoisotopic (exact) mass is 487 g/mol. The van der Waals surface area contributed by atoms with Crippen LogP contribution in [0.2, 0.25) is 0 Å². The van der Waals surface area contributed by atoms with Gasteiger partial charge in [0.2, 0.25) is 17.7 Å². The van der Waals surface area contributed by atoms with E-state index in [1.165, 1.54) is 0 Å². The van der Waals surface area contributed by atoms with Gasteiger partial charge in [-0.1, -0.05) is 58.0 Å². The largest absolute Gasteiger partial charge is 0.394 e. The molecule has 0 aromatic heterocycles. The van der Waals surface area contributed by atoms with Crippen LogP contribution in [0.3, 0.4) is 0 Å². The number of carbonyl (C=O) groups excluding carboxylic acids is 3. The molecule has 7 nitrogen and oxygen atoms in total. The van der Waals surface area contributed by atoms with Crippen LogP contribution in [0, 0.1) is 23.7 Å². The van der Waals surface area contributed by atoms with Crippen molar-refractivity contribution in [1.29, 1.82) is 0 Å². The first kappa shape index (κ1) is 25.0. The number of nitrogens with zero attached hydrogens (tertiary/aromatic N) is 1. The van der Waals surface area contributed by atoms with Crippen molar-refractivity contribution in [2.24, 2.45) is 23.7 Å². The van der Waals surface area contributed by atoms with Gasteiger partial charge in [0.05, 0.1) is 29.2 Å². The molecule has 3 unspecified atom stereocenters. The number of amides is 3. The summed E-state index contributed by atoms with van der Waals surface area (Å²) < 4.78 is -0.668. The lowest BCUT2D eigenvalue weighted by atomic mass is 9.66. The molecule has 3 fully saturated rings. The summed E-state index contributed by atoms with van der Waals surface area (Å²) in [6, 6.07) is 8.50. The highest BCUT2D eigenvalue weighted by Crippen LogP contribution is 2.68. The molecular weight excluding hydrogens is 450 g/mol. The molecule has 3 heterocycles. The standard InChI is InChI=1S/C26H37N3O4S/c1-5-11-27-23(31)20-19-12-16(4)26(34-19)21(20)25(33)29(18(14-30)15(2)3)22(26)24(32)28-13-17-9-7-6-8-10-17/h6-10,15-16,18-22,30H,5,11-14H2,1-4H3,(H,27,31)(H,28,32)/t16?,18-,19-,20+,21-,22?,26?/m0/s1. The quantitative estimate of drug-likeness (QED) is 0.496. The maximum Gasteiger partial charge on any atom is 0.244 e. The first-order valence-electron chi connectivity index (χ1n) is 12.5. The Bertz CT molecular complexity index is 926. The highest BCUT2D eigenvalue weighted by atomic mass is 32.2. The molecule has 186 valence electrons. The van der Waals surface area contributed by atoms with Crippen molar-refractivity contribution < 1.29 is 19.5 Å². The second-order valence-corrected chi connectivity index (χ2v) is 11.8. The minimum Gasteiger partial charge on any atom is -0.394 e. The number of aliphatic hydroxyl groups is 1. The van der Waals surface area contributed by atoms with Crippen molar-refractivity contribution in [3.05, 3.63) is 35.9 Å². The minimum atomic E-state index is -0.720. The average Bonchev–Trinajstić information content (AvgIpc) is 3.41. The number of fused-ring (bicyclic) bond motifs is 1. The number of likely N-dealkylation sites (tertiary alicyclic amines) is 1. The summed E-state index contributed by atoms with van der Waals surface area (Å²) in [6.07, 6.45) is 1.63. The summed E-state index contributed by atoms with van der Waals surface area (Å²) in [5.41, 5.74) is 0.983. The number of carbonyl (C=O) groups is 3. The molecule has 0 radical (unpaired) electrons. The van der Waals surface area contributed by atoms with E-state index in [-0.39, 0.29) is 41.4 Å². The molecular formula is C26H37N3O4S. The number of hydrogen-bond donors (Lipinski definition) is 3. The van der Waals surface area contributed by atoms with Crippen molar-refractivity contribution in [3.63, 3.8) is 0 Å². The second kappa shape index (κ2) is 9.90. The van der Waals surface area contributed by atoms with Crippen LogP contribution in [0.15, 0.2) is 30.3 Å². The van der Waals surface area contributed by atoms with Gasteiger partial charge in [-0.25, -0.2) is 0 Å². The van der Waals surface area contributed by atoms with Crippen molar-refractivity contribution in [2.75, 3.05) is 13.2 Å². The van der Waals surface area contributed by atoms with Gasteiger partial charge in [0.15, 0.2) is 0 Å². The Balaban J connectivity index is 1.71. The van der Waals surface area contributed by atoms with E-state index < -0.39 is 28.7 Å². The van der Waals surface area contributed by atoms with E-state index in [2.05, 4.69) is 17.6 Å². The molecule has 3 aliphatic heterocycles. The normalized spacial score (nSPS) is 32.7. The molecule has 7 atom stereocenters. The first-order valence-corrected chi connectivity index (χ1v) is 13.4. The van der Waals surface area contributed by atoms with Crippen molar-refractivity contribution >= 4 is 29.5 Å². The third kappa shape index (κ3) is 3.92. The van der Waals surface area contributed by atoms with Crippen LogP contribution in [0.25, 0.3) is 0 Å². The third-order valence-electron chi connectivity index (χ3n) is 7.91. The Kier molecular flexibility index (Phi) is 7.29. The van der Waals surface area contributed by atoms with Crippen LogP contribution in [-0.4, -0.2) is 63.0 Å². The third-order valence-corrected chi connectivity index (χ3v) is 9.98. The number of aliphatic hydroxyl groups excluding tert-OH is 1. The zero-order chi connectivity index (χ0) is 24.6. The fraction of sp³-hybridized carbons (Fsp3) is 0.654. The molecule has 1 spiro atoms. The number of thioether (sulfide) groups is 1. The van der Waals surface area contributed by atoms with Crippen LogP contribution >= 0.6 is 11.8 Å². The van der Waals surface area contributed by atoms with Crippen molar-refractivity contribution in [3.8, 4) is 0 Å². The van der Waals surface area contributed by atoms with Gasteiger partial charge in [-0.2, -0.15) is 0 Å². The van der Waals surface area contributed by atoms with Crippen LogP contribution in [0.4, 0.5) is 0 Å². The summed E-state index contributed by atoms with van der Waals surface area (Å²) in [5, 5.41) is 16.4. The van der Waals surface area contributed by atoms with Crippen LogP contribution < -0.4 is 10.6 Å². The zero-order valence-corrected chi connectivity index (χ0v) is 21.3. The SMILES string of the molecule is CCCNC(=O)[C@@H]1[C@@H]2CC(C)C3(S2)C(C(=O)NCc2ccccc2)N([C@@H](CO)C(C)C)C(=O)[C@H]13. The van der Waals surface area contributed by atoms with Crippen molar-refractivity contribution in [1.82, 2.24) is 15.5 Å². The lowest BCUT2D eigenvalue weighted by molar-refractivity contribution is -0.143. The Morgan fingerprint density at radius 1 is 1.21 bits per heavy atom. The predicted molar refractivity (Wildman–Crippen MR) is 133 cm³/mol. The Morgan fingerprint density at radius 2 is 1.91 bits per heavy atom. The lowest BCUT2D eigenvalue weighted by Gasteiger charge is -2.40. The average molecular weight is 488 g/mol. The van der Waals surface area contributed by atoms with Crippen molar-refractivity contribution in [2.45, 2.75) is 69.2 Å². The topological polar surface area (TPSA) is 98.7 Å². The van der Waals surface area contributed by atoms with E-state index in [9.17, 15) is 19.5 Å². The molecule has 3 amide bonds. The summed E-state index contributed by atoms with van der Waals surface area (Å²) in [6.45, 7) is 8.75. The zero-order valence-electron chi connectivity index (χ0n) is 20.5. The number of rotatable bonds is 9. The van der Waals surface area contributed by atoms with E-state index >= 15 is 0 Å². The molecule has 0 aliphatic carbocycles. The van der Waals surface area contributed by atoms with E-state index in [0.29, 0.717) is 13.1 Å². The van der Waals surface area contributed by atoms with Gasteiger partial charge in [-0.3, -0.25) is 14.4 Å². The molecule has 0 saturated carbocycles. The van der Waals surface area contributed by atoms with Crippen LogP contribution in [0.1, 0.15) is 46.1 Å². The maximum absolute atomic E-state index is 14.0. The number of hydrogen-bond acceptors (Lipinski definition) is 5. The molecule has 34 heavy (non-hydrogen) atoms. The highest BCUT2D eigenvalue weighted by Gasteiger charge is 2.76. The van der Waals surface area contributed by atoms with Crippen LogP contribution in [0.5, 0.6) is 0 Å². The van der Waals surface area contributed by atoms with E-state index in [0.717, 1.165) is 18.4 Å². The molecule has 3 saturated heterocycles. The van der Waals surface area contributed by atoms with E-state index in [1.807, 2.05) is 51.1 Å². The molecule has 3 N–H and O–H groups in total. The molecule has 3 aliphatic rings. The molecule has 1 aromatic rings. The Morgan fingerprint density at radius 3 is 2.53 bits per heavy atom.